The number of aromatic amines is 5. The molecule has 100 heavy (non-hydrogen) atoms. The van der Waals surface area contributed by atoms with Crippen molar-refractivity contribution < 1.29 is 24.3 Å². The van der Waals surface area contributed by atoms with Crippen molar-refractivity contribution in [3.05, 3.63) is 139 Å². The van der Waals surface area contributed by atoms with Crippen LogP contribution < -0.4 is 10.6 Å². The van der Waals surface area contributed by atoms with Crippen LogP contribution in [0.4, 0.5) is 10.5 Å². The second-order valence-corrected chi connectivity index (χ2v) is 30.4. The van der Waals surface area contributed by atoms with E-state index in [4.69, 9.17) is 68.8 Å². The van der Waals surface area contributed by atoms with E-state index in [1.807, 2.05) is 109 Å². The highest BCUT2D eigenvalue weighted by Crippen LogP contribution is 2.41. The van der Waals surface area contributed by atoms with Crippen molar-refractivity contribution in [1.82, 2.24) is 75.5 Å². The van der Waals surface area contributed by atoms with Crippen LogP contribution in [0.25, 0.3) is 54.5 Å². The number of nitrogens with zero attached hydrogens (tertiary/aromatic N) is 11. The molecule has 1 saturated carbocycles. The molecule has 530 valence electrons. The topological polar surface area (TPSA) is 277 Å². The fourth-order valence-corrected chi connectivity index (χ4v) is 16.1. The average Bonchev–Trinajstić information content (AvgIpc) is 1.37. The number of rotatable bonds is 8. The van der Waals surface area contributed by atoms with Crippen molar-refractivity contribution in [2.45, 2.75) is 121 Å². The molecule has 8 N–H and O–H groups in total. The molecular formula is C73H88Cl5N17O5. The molecule has 0 radical (unpaired) electrons. The highest BCUT2D eigenvalue weighted by molar-refractivity contribution is 6.33. The monoisotopic (exact) mass is 1460 g/mol. The molecule has 10 heterocycles. The van der Waals surface area contributed by atoms with Crippen molar-refractivity contribution >= 4 is 142 Å². The third-order valence-corrected chi connectivity index (χ3v) is 22.1. The maximum absolute atomic E-state index is 12.1. The van der Waals surface area contributed by atoms with Gasteiger partial charge in [-0.3, -0.25) is 44.8 Å². The van der Waals surface area contributed by atoms with Gasteiger partial charge in [0.2, 0.25) is 17.7 Å². The Labute approximate surface area is 606 Å². The first-order valence-corrected chi connectivity index (χ1v) is 36.6. The molecule has 0 unspecified atom stereocenters. The number of anilines is 1. The molecule has 5 aromatic carbocycles. The number of aliphatic hydroxyl groups excluding tert-OH is 1. The van der Waals surface area contributed by atoms with Gasteiger partial charge < -0.3 is 35.3 Å². The minimum absolute atomic E-state index is 0.0771. The third kappa shape index (κ3) is 16.8. The van der Waals surface area contributed by atoms with Crippen LogP contribution in [-0.2, 0) is 14.4 Å². The number of nitrogens with one attached hydrogen (secondary N) is 5. The lowest BCUT2D eigenvalue weighted by Crippen LogP contribution is -2.57. The van der Waals surface area contributed by atoms with E-state index in [0.717, 1.165) is 180 Å². The van der Waals surface area contributed by atoms with Crippen LogP contribution in [0.1, 0.15) is 138 Å². The Morgan fingerprint density at radius 2 is 0.800 bits per heavy atom. The molecule has 0 spiro atoms. The van der Waals surface area contributed by atoms with E-state index in [-0.39, 0.29) is 29.3 Å². The van der Waals surface area contributed by atoms with E-state index < -0.39 is 6.61 Å². The zero-order valence-electron chi connectivity index (χ0n) is 57.1. The number of benzene rings is 5. The minimum atomic E-state index is -0.409. The molecular weight excluding hydrogens is 1370 g/mol. The summed E-state index contributed by atoms with van der Waals surface area (Å²) in [5.74, 6) is 2.52. The number of primary amides is 1. The first-order chi connectivity index (χ1) is 48.1. The first kappa shape index (κ1) is 72.1. The summed E-state index contributed by atoms with van der Waals surface area (Å²) in [5.41, 5.74) is 16.4. The lowest BCUT2D eigenvalue weighted by molar-refractivity contribution is -0.136. The molecule has 5 aromatic heterocycles. The zero-order valence-corrected chi connectivity index (χ0v) is 60.9. The van der Waals surface area contributed by atoms with Gasteiger partial charge in [0.15, 0.2) is 0 Å². The summed E-state index contributed by atoms with van der Waals surface area (Å²) in [7, 11) is 2.18. The summed E-state index contributed by atoms with van der Waals surface area (Å²) >= 11 is 30.9. The molecule has 6 fully saturated rings. The average molecular weight is 1460 g/mol. The molecule has 10 aromatic rings. The Kier molecular flexibility index (Phi) is 22.8. The highest BCUT2D eigenvalue weighted by atomic mass is 35.5. The smallest absolute Gasteiger partial charge is 0.314 e. The summed E-state index contributed by atoms with van der Waals surface area (Å²) in [4.78, 5) is 59.0. The maximum Gasteiger partial charge on any atom is 0.314 e. The molecule has 27 heteroatoms. The van der Waals surface area contributed by atoms with Gasteiger partial charge in [0.05, 0.1) is 58.6 Å². The van der Waals surface area contributed by atoms with Crippen LogP contribution in [0.3, 0.4) is 0 Å². The molecule has 5 saturated heterocycles. The summed E-state index contributed by atoms with van der Waals surface area (Å²) in [5, 5.41) is 53.6. The molecule has 0 bridgehead atoms. The van der Waals surface area contributed by atoms with Gasteiger partial charge in [-0.2, -0.15) is 25.5 Å². The first-order valence-electron chi connectivity index (χ1n) is 34.7. The Bertz CT molecular complexity index is 4400. The molecule has 1 aliphatic carbocycles. The van der Waals surface area contributed by atoms with Gasteiger partial charge in [0.25, 0.3) is 0 Å². The van der Waals surface area contributed by atoms with Crippen LogP contribution in [0.15, 0.2) is 91.6 Å². The zero-order chi connectivity index (χ0) is 70.5. The van der Waals surface area contributed by atoms with Crippen LogP contribution in [0.2, 0.25) is 25.1 Å². The van der Waals surface area contributed by atoms with Gasteiger partial charge in [0.1, 0.15) is 6.61 Å². The number of halogens is 5. The summed E-state index contributed by atoms with van der Waals surface area (Å²) in [6.07, 6.45) is 19.0. The second kappa shape index (κ2) is 31.7. The lowest BCUT2D eigenvalue weighted by atomic mass is 9.87. The molecule has 16 rings (SSSR count). The number of likely N-dealkylation sites (tertiary alicyclic amines) is 4. The third-order valence-electron chi connectivity index (χ3n) is 21.0. The second-order valence-electron chi connectivity index (χ2n) is 28.3. The number of urea groups is 1. The number of piperidine rings is 4. The number of amides is 5. The van der Waals surface area contributed by atoms with Gasteiger partial charge >= 0.3 is 6.03 Å². The number of H-pyrrole nitrogens is 5. The van der Waals surface area contributed by atoms with E-state index in [2.05, 4.69) is 87.7 Å². The van der Waals surface area contributed by atoms with Gasteiger partial charge in [-0.1, -0.05) is 71.9 Å². The van der Waals surface area contributed by atoms with Crippen molar-refractivity contribution in [2.75, 3.05) is 90.5 Å². The molecule has 22 nitrogen and oxygen atoms in total. The number of aliphatic hydroxyl groups is 1. The van der Waals surface area contributed by atoms with E-state index >= 15 is 0 Å². The molecule has 5 aliphatic heterocycles. The number of likely N-dealkylation sites (N-methyl/N-ethyl adjacent to an activating group) is 1. The van der Waals surface area contributed by atoms with E-state index in [1.165, 1.54) is 27.9 Å². The van der Waals surface area contributed by atoms with E-state index in [1.54, 1.807) is 9.80 Å². The fourth-order valence-electron chi connectivity index (χ4n) is 15.0. The Balaban J connectivity index is 0.000000119. The van der Waals surface area contributed by atoms with Gasteiger partial charge in [-0.05, 0) is 192 Å². The van der Waals surface area contributed by atoms with Crippen LogP contribution in [0, 0.1) is 11.8 Å². The van der Waals surface area contributed by atoms with Crippen LogP contribution >= 0.6 is 58.0 Å². The van der Waals surface area contributed by atoms with Crippen molar-refractivity contribution in [1.29, 1.82) is 0 Å². The van der Waals surface area contributed by atoms with E-state index in [9.17, 15) is 19.2 Å². The largest absolute Gasteiger partial charge is 0.387 e. The summed E-state index contributed by atoms with van der Waals surface area (Å²) < 4.78 is 0. The fraction of sp³-hybridized carbons (Fsp3) is 0.466. The Morgan fingerprint density at radius 3 is 1.14 bits per heavy atom. The number of hydrogen-bond donors (Lipinski definition) is 7. The predicted molar refractivity (Wildman–Crippen MR) is 398 cm³/mol. The number of nitrogens with two attached hydrogens (primary N) is 1. The number of piperazine rings is 1. The van der Waals surface area contributed by atoms with Crippen molar-refractivity contribution in [2.24, 2.45) is 17.6 Å². The van der Waals surface area contributed by atoms with Crippen molar-refractivity contribution in [3.8, 4) is 0 Å². The van der Waals surface area contributed by atoms with Crippen LogP contribution in [0.5, 0.6) is 0 Å². The van der Waals surface area contributed by atoms with Crippen molar-refractivity contribution in [3.63, 3.8) is 0 Å². The Morgan fingerprint density at radius 1 is 0.470 bits per heavy atom. The van der Waals surface area contributed by atoms with Gasteiger partial charge in [-0.25, -0.2) is 4.79 Å². The minimum Gasteiger partial charge on any atom is -0.387 e. The van der Waals surface area contributed by atoms with E-state index in [0.29, 0.717) is 71.7 Å². The normalized spacial score (nSPS) is 18.2. The number of carbonyl (C=O) groups is 4. The number of aromatic nitrogens is 10. The SMILES string of the molecule is CC(C)C(=O)N1CCC(c2cc(Cl)cc3[nH]ncc23)CC1.CN1CCN(c2cc(Cl)cc3[nH]ncc23)CC1(C)C.NC(=O)N1CCC(c2cc(Cl)cc3[nH]ncc23)CC1.O=C(C1CC1)N1CCC(c2cc(Cl)cc3[nH]ncc23)CC1.O=C(CO)N1CCC(c2cc(Cl)cc3[nH]ncc23)CC1. The molecule has 6 aliphatic rings. The maximum atomic E-state index is 12.1. The number of fused-ring (bicyclic) bond motifs is 5. The predicted octanol–water partition coefficient (Wildman–Crippen LogP) is 14.0. The summed E-state index contributed by atoms with van der Waals surface area (Å²) in [6, 6.07) is 19.3. The lowest BCUT2D eigenvalue weighted by Gasteiger charge is -2.46. The Hall–Kier alpha value is -7.70. The molecule has 0 atom stereocenters. The van der Waals surface area contributed by atoms with Gasteiger partial charge in [0, 0.05) is 147 Å². The summed E-state index contributed by atoms with van der Waals surface area (Å²) in [6.45, 7) is 17.3. The number of hydrogen-bond acceptors (Lipinski definition) is 12. The number of carbonyl (C=O) groups excluding carboxylic acids is 4. The standard InChI is InChI=1S/C16H18ClN3O.C16H20ClN3O.C14H19ClN4.C14H16ClN3O2.C13H15ClN4O/c17-12-7-13(14-9-18-19-15(14)8-12)10-3-5-20(6-4-10)16(21)11-1-2-11;1-10(2)16(21)20-5-3-11(4-6-20)13-7-12(17)8-15-14(13)9-18-19-15;1-14(2)9-19(5-4-18(14)3)13-7-10(15)6-12-11(13)8-16-17-12;15-10-5-11(12-7-16-17-13(12)6-10)9-1-3-18(4-2-9)14(20)8-19;14-9-5-10(11-7-16-17-12(11)6-9)8-1-3-18(4-2-8)13(15)19/h7-11H,1-6H2,(H,18,19);7-11H,3-6H2,1-2H3,(H,18,19);6-8H,4-5,9H2,1-3H3,(H,16,17);5-7,9,19H,1-4,8H2,(H,16,17);5-8H,1-4H2,(H2,15,19)(H,16,17). The van der Waals surface area contributed by atoms with Crippen LogP contribution in [-0.4, -0.2) is 196 Å². The quantitative estimate of drug-likeness (QED) is 0.0748. The van der Waals surface area contributed by atoms with Gasteiger partial charge in [-0.15, -0.1) is 0 Å². The highest BCUT2D eigenvalue weighted by Gasteiger charge is 2.37. The molecule has 5 amide bonds.